The highest BCUT2D eigenvalue weighted by Gasteiger charge is 2.66. The van der Waals surface area contributed by atoms with Crippen LogP contribution in [0.15, 0.2) is 36.4 Å². The zero-order chi connectivity index (χ0) is 14.7. The predicted octanol–water partition coefficient (Wildman–Crippen LogP) is 2.97. The molecule has 0 aliphatic heterocycles. The van der Waals surface area contributed by atoms with Crippen molar-refractivity contribution in [1.29, 1.82) is 0 Å². The maximum absolute atomic E-state index is 12.5. The SMILES string of the molecule is COCCN(C/C=C/c1ccccc1)C(=O)[C@@H]1CC12CC2. The minimum absolute atomic E-state index is 0.291. The van der Waals surface area contributed by atoms with Crippen LogP contribution in [0.25, 0.3) is 6.08 Å². The largest absolute Gasteiger partial charge is 0.383 e. The highest BCUT2D eigenvalue weighted by molar-refractivity contribution is 5.83. The molecule has 2 aliphatic rings. The van der Waals surface area contributed by atoms with Gasteiger partial charge < -0.3 is 9.64 Å². The molecule has 1 aromatic rings. The van der Waals surface area contributed by atoms with E-state index < -0.39 is 0 Å². The predicted molar refractivity (Wildman–Crippen MR) is 83.7 cm³/mol. The van der Waals surface area contributed by atoms with E-state index in [0.29, 0.717) is 36.9 Å². The maximum atomic E-state index is 12.5. The van der Waals surface area contributed by atoms with Crippen molar-refractivity contribution in [2.24, 2.45) is 11.3 Å². The molecule has 0 heterocycles. The van der Waals surface area contributed by atoms with Gasteiger partial charge in [0.05, 0.1) is 6.61 Å². The molecule has 0 radical (unpaired) electrons. The smallest absolute Gasteiger partial charge is 0.226 e. The summed E-state index contributed by atoms with van der Waals surface area (Å²) in [5, 5.41) is 0. The fourth-order valence-electron chi connectivity index (χ4n) is 3.00. The van der Waals surface area contributed by atoms with Crippen LogP contribution in [0, 0.1) is 11.3 Å². The van der Waals surface area contributed by atoms with Crippen molar-refractivity contribution in [3.63, 3.8) is 0 Å². The molecule has 1 aromatic carbocycles. The van der Waals surface area contributed by atoms with Crippen LogP contribution in [-0.2, 0) is 9.53 Å². The number of hydrogen-bond acceptors (Lipinski definition) is 2. The van der Waals surface area contributed by atoms with Crippen LogP contribution < -0.4 is 0 Å². The third-order valence-electron chi connectivity index (χ3n) is 4.69. The van der Waals surface area contributed by atoms with Gasteiger partial charge >= 0.3 is 0 Å². The molecule has 3 nitrogen and oxygen atoms in total. The number of benzene rings is 1. The van der Waals surface area contributed by atoms with Gasteiger partial charge in [-0.3, -0.25) is 4.79 Å². The summed E-state index contributed by atoms with van der Waals surface area (Å²) in [5.74, 6) is 0.613. The third kappa shape index (κ3) is 3.35. The molecule has 1 spiro atoms. The topological polar surface area (TPSA) is 29.5 Å². The van der Waals surface area contributed by atoms with Crippen LogP contribution in [0.4, 0.5) is 0 Å². The second kappa shape index (κ2) is 6.02. The summed E-state index contributed by atoms with van der Waals surface area (Å²) in [4.78, 5) is 14.5. The first-order chi connectivity index (χ1) is 10.2. The van der Waals surface area contributed by atoms with Gasteiger partial charge in [0.15, 0.2) is 0 Å². The lowest BCUT2D eigenvalue weighted by Gasteiger charge is -2.21. The average Bonchev–Trinajstić information content (AvgIpc) is 3.43. The minimum Gasteiger partial charge on any atom is -0.383 e. The van der Waals surface area contributed by atoms with E-state index in [0.717, 1.165) is 6.42 Å². The van der Waals surface area contributed by atoms with Gasteiger partial charge in [0.1, 0.15) is 0 Å². The fraction of sp³-hybridized carbons (Fsp3) is 0.500. The molecule has 0 saturated heterocycles. The molecule has 1 atom stereocenters. The first-order valence-electron chi connectivity index (χ1n) is 7.74. The zero-order valence-electron chi connectivity index (χ0n) is 12.6. The van der Waals surface area contributed by atoms with Gasteiger partial charge in [0.2, 0.25) is 5.91 Å². The molecule has 21 heavy (non-hydrogen) atoms. The first kappa shape index (κ1) is 14.3. The van der Waals surface area contributed by atoms with Crippen molar-refractivity contribution in [2.45, 2.75) is 19.3 Å². The average molecular weight is 285 g/mol. The molecule has 0 N–H and O–H groups in total. The summed E-state index contributed by atoms with van der Waals surface area (Å²) in [5.41, 5.74) is 1.59. The number of nitrogens with zero attached hydrogens (tertiary/aromatic N) is 1. The Morgan fingerprint density at radius 1 is 1.38 bits per heavy atom. The van der Waals surface area contributed by atoms with Crippen LogP contribution in [0.2, 0.25) is 0 Å². The summed E-state index contributed by atoms with van der Waals surface area (Å²) >= 11 is 0. The molecule has 2 saturated carbocycles. The zero-order valence-corrected chi connectivity index (χ0v) is 12.6. The van der Waals surface area contributed by atoms with Crippen LogP contribution in [0.1, 0.15) is 24.8 Å². The lowest BCUT2D eigenvalue weighted by atomic mass is 10.2. The van der Waals surface area contributed by atoms with Crippen molar-refractivity contribution in [2.75, 3.05) is 26.8 Å². The van der Waals surface area contributed by atoms with E-state index in [4.69, 9.17) is 4.74 Å². The molecule has 2 fully saturated rings. The molecule has 3 heteroatoms. The normalized spacial score (nSPS) is 21.7. The Morgan fingerprint density at radius 3 is 2.76 bits per heavy atom. The summed E-state index contributed by atoms with van der Waals surface area (Å²) in [6, 6.07) is 10.2. The fourth-order valence-corrected chi connectivity index (χ4v) is 3.00. The van der Waals surface area contributed by atoms with Crippen LogP contribution in [-0.4, -0.2) is 37.6 Å². The Kier molecular flexibility index (Phi) is 4.11. The molecular formula is C18H23NO2. The van der Waals surface area contributed by atoms with E-state index >= 15 is 0 Å². The monoisotopic (exact) mass is 285 g/mol. The molecule has 0 aromatic heterocycles. The second-order valence-electron chi connectivity index (χ2n) is 6.21. The molecule has 0 unspecified atom stereocenters. The molecule has 0 bridgehead atoms. The highest BCUT2D eigenvalue weighted by Crippen LogP contribution is 2.70. The third-order valence-corrected chi connectivity index (χ3v) is 4.69. The summed E-state index contributed by atoms with van der Waals surface area (Å²) in [6.07, 6.45) is 7.76. The van der Waals surface area contributed by atoms with Crippen molar-refractivity contribution in [1.82, 2.24) is 4.90 Å². The van der Waals surface area contributed by atoms with Crippen molar-refractivity contribution >= 4 is 12.0 Å². The number of carbonyl (C=O) groups is 1. The van der Waals surface area contributed by atoms with Gasteiger partial charge in [-0.1, -0.05) is 42.5 Å². The standard InChI is InChI=1S/C18H23NO2/c1-21-13-12-19(17(20)16-14-18(16)9-10-18)11-5-8-15-6-3-2-4-7-15/h2-8,16H,9-14H2,1H3/b8-5+/t16-/m0/s1. The van der Waals surface area contributed by atoms with Crippen LogP contribution in [0.3, 0.4) is 0 Å². The number of methoxy groups -OCH3 is 1. The van der Waals surface area contributed by atoms with Crippen LogP contribution >= 0.6 is 0 Å². The maximum Gasteiger partial charge on any atom is 0.226 e. The summed E-state index contributed by atoms with van der Waals surface area (Å²) in [6.45, 7) is 1.95. The molecule has 1 amide bonds. The first-order valence-corrected chi connectivity index (χ1v) is 7.74. The van der Waals surface area contributed by atoms with Gasteiger partial charge in [0.25, 0.3) is 0 Å². The number of carbonyl (C=O) groups excluding carboxylic acids is 1. The highest BCUT2D eigenvalue weighted by atomic mass is 16.5. The van der Waals surface area contributed by atoms with Gasteiger partial charge in [-0.25, -0.2) is 0 Å². The van der Waals surface area contributed by atoms with E-state index in [9.17, 15) is 4.79 Å². The van der Waals surface area contributed by atoms with Gasteiger partial charge in [-0.15, -0.1) is 0 Å². The number of amides is 1. The van der Waals surface area contributed by atoms with E-state index in [1.54, 1.807) is 7.11 Å². The minimum atomic E-state index is 0.291. The van der Waals surface area contributed by atoms with Gasteiger partial charge in [-0.05, 0) is 30.2 Å². The summed E-state index contributed by atoms with van der Waals surface area (Å²) in [7, 11) is 1.68. The molecule has 112 valence electrons. The van der Waals surface area contributed by atoms with Gasteiger partial charge in [-0.2, -0.15) is 0 Å². The quantitative estimate of drug-likeness (QED) is 0.771. The van der Waals surface area contributed by atoms with Gasteiger partial charge in [0, 0.05) is 26.1 Å². The number of rotatable bonds is 7. The number of hydrogen-bond donors (Lipinski definition) is 0. The Labute approximate surface area is 126 Å². The Morgan fingerprint density at radius 2 is 2.14 bits per heavy atom. The van der Waals surface area contributed by atoms with Crippen LogP contribution in [0.5, 0.6) is 0 Å². The molecule has 2 aliphatic carbocycles. The van der Waals surface area contributed by atoms with E-state index in [-0.39, 0.29) is 0 Å². The molecular weight excluding hydrogens is 262 g/mol. The summed E-state index contributed by atoms with van der Waals surface area (Å²) < 4.78 is 5.14. The van der Waals surface area contributed by atoms with E-state index in [1.807, 2.05) is 23.1 Å². The van der Waals surface area contributed by atoms with Crippen molar-refractivity contribution in [3.05, 3.63) is 42.0 Å². The lowest BCUT2D eigenvalue weighted by Crippen LogP contribution is -2.35. The molecule has 3 rings (SSSR count). The van der Waals surface area contributed by atoms with E-state index in [2.05, 4.69) is 24.3 Å². The lowest BCUT2D eigenvalue weighted by molar-refractivity contribution is -0.133. The Balaban J connectivity index is 1.57. The van der Waals surface area contributed by atoms with Crippen molar-refractivity contribution in [3.8, 4) is 0 Å². The van der Waals surface area contributed by atoms with E-state index in [1.165, 1.54) is 18.4 Å². The second-order valence-corrected chi connectivity index (χ2v) is 6.21. The Bertz CT molecular complexity index is 519. The number of ether oxygens (including phenoxy) is 1. The van der Waals surface area contributed by atoms with Crippen molar-refractivity contribution < 1.29 is 9.53 Å². The Hall–Kier alpha value is -1.61.